The molecule has 2 rings (SSSR count). The van der Waals surface area contributed by atoms with Gasteiger partial charge in [0.2, 0.25) is 0 Å². The van der Waals surface area contributed by atoms with E-state index in [0.29, 0.717) is 6.42 Å². The molecule has 1 atom stereocenters. The van der Waals surface area contributed by atoms with E-state index in [0.717, 1.165) is 6.20 Å². The van der Waals surface area contributed by atoms with Crippen LogP contribution in [0.1, 0.15) is 24.9 Å². The zero-order valence-corrected chi connectivity index (χ0v) is 9.34. The molecule has 0 bridgehead atoms. The predicted octanol–water partition coefficient (Wildman–Crippen LogP) is 1.87. The number of ether oxygens (including phenoxy) is 1. The highest BCUT2D eigenvalue weighted by Crippen LogP contribution is 2.34. The van der Waals surface area contributed by atoms with E-state index in [9.17, 15) is 18.0 Å². The molecule has 17 heavy (non-hydrogen) atoms. The van der Waals surface area contributed by atoms with Crippen LogP contribution in [-0.2, 0) is 21.2 Å². The van der Waals surface area contributed by atoms with Gasteiger partial charge >= 0.3 is 12.1 Å². The maximum atomic E-state index is 12.5. The van der Waals surface area contributed by atoms with E-state index in [1.807, 2.05) is 0 Å². The Balaban J connectivity index is 2.47. The summed E-state index contributed by atoms with van der Waals surface area (Å²) in [5.74, 6) is -0.370. The lowest BCUT2D eigenvalue weighted by Crippen LogP contribution is -2.35. The number of carbonyl (C=O) groups is 1. The van der Waals surface area contributed by atoms with Crippen molar-refractivity contribution >= 4 is 5.97 Å². The van der Waals surface area contributed by atoms with Crippen LogP contribution in [0.15, 0.2) is 6.20 Å². The molecule has 4 nitrogen and oxygen atoms in total. The van der Waals surface area contributed by atoms with E-state index in [-0.39, 0.29) is 12.4 Å². The number of alkyl halides is 3. The van der Waals surface area contributed by atoms with Crippen molar-refractivity contribution in [2.24, 2.45) is 0 Å². The highest BCUT2D eigenvalue weighted by molar-refractivity contribution is 5.80. The van der Waals surface area contributed by atoms with Gasteiger partial charge in [-0.25, -0.2) is 9.78 Å². The highest BCUT2D eigenvalue weighted by atomic mass is 19.4. The third-order valence-electron chi connectivity index (χ3n) is 2.97. The zero-order valence-electron chi connectivity index (χ0n) is 9.34. The molecule has 1 aliphatic rings. The summed E-state index contributed by atoms with van der Waals surface area (Å²) in [7, 11) is 0. The van der Waals surface area contributed by atoms with E-state index in [1.165, 1.54) is 11.5 Å². The molecule has 0 aliphatic carbocycles. The number of carbonyl (C=O) groups excluding carboxylic acids is 1. The van der Waals surface area contributed by atoms with Crippen LogP contribution in [0.3, 0.4) is 0 Å². The third-order valence-corrected chi connectivity index (χ3v) is 2.97. The number of imidazole rings is 1. The molecule has 1 aromatic heterocycles. The second-order valence-electron chi connectivity index (χ2n) is 4.20. The Morgan fingerprint density at radius 3 is 2.59 bits per heavy atom. The van der Waals surface area contributed by atoms with Crippen molar-refractivity contribution in [1.82, 2.24) is 9.55 Å². The largest absolute Gasteiger partial charge is 0.464 e. The lowest BCUT2D eigenvalue weighted by Gasteiger charge is -2.22. The van der Waals surface area contributed by atoms with Crippen LogP contribution in [0.25, 0.3) is 0 Å². The lowest BCUT2D eigenvalue weighted by molar-refractivity contribution is -0.145. The van der Waals surface area contributed by atoms with Crippen LogP contribution in [0.5, 0.6) is 0 Å². The molecule has 0 radical (unpaired) electrons. The van der Waals surface area contributed by atoms with E-state index in [4.69, 9.17) is 4.74 Å². The van der Waals surface area contributed by atoms with Gasteiger partial charge in [-0.3, -0.25) is 0 Å². The van der Waals surface area contributed by atoms with Gasteiger partial charge in [-0.15, -0.1) is 0 Å². The van der Waals surface area contributed by atoms with Crippen molar-refractivity contribution in [3.05, 3.63) is 17.7 Å². The molecule has 0 spiro atoms. The quantitative estimate of drug-likeness (QED) is 0.713. The van der Waals surface area contributed by atoms with Crippen LogP contribution >= 0.6 is 0 Å². The summed E-state index contributed by atoms with van der Waals surface area (Å²) in [6, 6.07) is 0. The molecule has 0 aromatic carbocycles. The average molecular weight is 248 g/mol. The first-order valence-electron chi connectivity index (χ1n) is 5.06. The van der Waals surface area contributed by atoms with Crippen LogP contribution in [0.2, 0.25) is 0 Å². The first-order chi connectivity index (χ1) is 7.75. The van der Waals surface area contributed by atoms with E-state index >= 15 is 0 Å². The van der Waals surface area contributed by atoms with Crippen molar-refractivity contribution in [3.8, 4) is 0 Å². The second-order valence-corrected chi connectivity index (χ2v) is 4.20. The minimum absolute atomic E-state index is 0.152. The normalized spacial score (nSPS) is 25.1. The lowest BCUT2D eigenvalue weighted by atomic mass is 10.0. The Morgan fingerprint density at radius 1 is 1.53 bits per heavy atom. The predicted molar refractivity (Wildman–Crippen MR) is 51.2 cm³/mol. The average Bonchev–Trinajstić information content (AvgIpc) is 2.72. The number of aromatic nitrogens is 2. The fourth-order valence-corrected chi connectivity index (χ4v) is 1.93. The van der Waals surface area contributed by atoms with Crippen molar-refractivity contribution < 1.29 is 22.7 Å². The standard InChI is InChI=1S/C10H11F3N2O2/c1-6-14-7(10(11,12)13)5-15(6)9(2)3-4-17-8(9)16/h5H,3-4H2,1-2H3/t9-/m0/s1. The molecule has 1 fully saturated rings. The van der Waals surface area contributed by atoms with Crippen LogP contribution < -0.4 is 0 Å². The van der Waals surface area contributed by atoms with Crippen molar-refractivity contribution in [2.45, 2.75) is 32.0 Å². The molecule has 0 amide bonds. The molecule has 94 valence electrons. The van der Waals surface area contributed by atoms with Crippen LogP contribution in [0.4, 0.5) is 13.2 Å². The highest BCUT2D eigenvalue weighted by Gasteiger charge is 2.44. The minimum Gasteiger partial charge on any atom is -0.464 e. The van der Waals surface area contributed by atoms with Crippen molar-refractivity contribution in [2.75, 3.05) is 6.61 Å². The summed E-state index contributed by atoms with van der Waals surface area (Å²) in [5.41, 5.74) is -2.07. The monoisotopic (exact) mass is 248 g/mol. The maximum Gasteiger partial charge on any atom is 0.434 e. The molecule has 1 saturated heterocycles. The molecule has 7 heteroatoms. The number of hydrogen-bond donors (Lipinski definition) is 0. The summed E-state index contributed by atoms with van der Waals surface area (Å²) < 4.78 is 43.5. The second kappa shape index (κ2) is 3.48. The number of hydrogen-bond acceptors (Lipinski definition) is 3. The minimum atomic E-state index is -4.51. The molecular formula is C10H11F3N2O2. The Morgan fingerprint density at radius 2 is 2.18 bits per heavy atom. The Bertz CT molecular complexity index is 467. The summed E-state index contributed by atoms with van der Waals surface area (Å²) in [4.78, 5) is 15.0. The first kappa shape index (κ1) is 11.9. The van der Waals surface area contributed by atoms with Gasteiger partial charge in [-0.2, -0.15) is 13.2 Å². The summed E-state index contributed by atoms with van der Waals surface area (Å²) in [5, 5.41) is 0. The Kier molecular flexibility index (Phi) is 2.44. The number of esters is 1. The van der Waals surface area contributed by atoms with E-state index < -0.39 is 23.4 Å². The van der Waals surface area contributed by atoms with Gasteiger partial charge in [0, 0.05) is 12.6 Å². The fourth-order valence-electron chi connectivity index (χ4n) is 1.93. The number of aryl methyl sites for hydroxylation is 1. The van der Waals surface area contributed by atoms with Gasteiger partial charge in [0.1, 0.15) is 11.4 Å². The topological polar surface area (TPSA) is 44.1 Å². The fraction of sp³-hybridized carbons (Fsp3) is 0.600. The number of rotatable bonds is 1. The van der Waals surface area contributed by atoms with Crippen molar-refractivity contribution in [1.29, 1.82) is 0 Å². The zero-order chi connectivity index (χ0) is 12.8. The molecular weight excluding hydrogens is 237 g/mol. The number of nitrogens with zero attached hydrogens (tertiary/aromatic N) is 2. The first-order valence-corrected chi connectivity index (χ1v) is 5.06. The molecule has 1 aromatic rings. The SMILES string of the molecule is Cc1nc(C(F)(F)F)cn1[C@@]1(C)CCOC1=O. The Labute approximate surface area is 95.4 Å². The van der Waals surface area contributed by atoms with Gasteiger partial charge in [0.15, 0.2) is 5.69 Å². The van der Waals surface area contributed by atoms with Gasteiger partial charge in [-0.1, -0.05) is 0 Å². The molecule has 1 aliphatic heterocycles. The number of cyclic esters (lactones) is 1. The number of halogens is 3. The van der Waals surface area contributed by atoms with Gasteiger partial charge in [-0.05, 0) is 13.8 Å². The summed E-state index contributed by atoms with van der Waals surface area (Å²) >= 11 is 0. The van der Waals surface area contributed by atoms with E-state index in [1.54, 1.807) is 6.92 Å². The Hall–Kier alpha value is -1.53. The molecule has 0 saturated carbocycles. The smallest absolute Gasteiger partial charge is 0.434 e. The van der Waals surface area contributed by atoms with Gasteiger partial charge in [0.05, 0.1) is 6.61 Å². The molecule has 0 N–H and O–H groups in total. The third kappa shape index (κ3) is 1.79. The molecule has 0 unspecified atom stereocenters. The van der Waals surface area contributed by atoms with Crippen LogP contribution in [-0.4, -0.2) is 22.1 Å². The summed E-state index contributed by atoms with van der Waals surface area (Å²) in [6.07, 6.45) is -3.29. The van der Waals surface area contributed by atoms with Crippen LogP contribution in [0, 0.1) is 6.92 Å². The van der Waals surface area contributed by atoms with Gasteiger partial charge < -0.3 is 9.30 Å². The van der Waals surface area contributed by atoms with Crippen molar-refractivity contribution in [3.63, 3.8) is 0 Å². The summed E-state index contributed by atoms with van der Waals surface area (Å²) in [6.45, 7) is 3.21. The maximum absolute atomic E-state index is 12.5. The molecule has 2 heterocycles. The van der Waals surface area contributed by atoms with Gasteiger partial charge in [0.25, 0.3) is 0 Å². The van der Waals surface area contributed by atoms with E-state index in [2.05, 4.69) is 4.98 Å².